The number of likely N-dealkylation sites (tertiary alicyclic amines) is 1. The van der Waals surface area contributed by atoms with Crippen LogP contribution in [0.5, 0.6) is 11.5 Å². The van der Waals surface area contributed by atoms with Crippen LogP contribution < -0.4 is 15.0 Å². The molecule has 0 atom stereocenters. The van der Waals surface area contributed by atoms with Gasteiger partial charge in [-0.05, 0) is 49.3 Å². The molecule has 0 spiro atoms. The summed E-state index contributed by atoms with van der Waals surface area (Å²) in [6.07, 6.45) is 5.72. The van der Waals surface area contributed by atoms with Gasteiger partial charge >= 0.3 is 0 Å². The normalized spacial score (nSPS) is 15.6. The number of methoxy groups -OCH3 is 2. The van der Waals surface area contributed by atoms with Gasteiger partial charge in [0.1, 0.15) is 16.5 Å². The van der Waals surface area contributed by atoms with E-state index < -0.39 is 0 Å². The number of rotatable bonds is 7. The first-order chi connectivity index (χ1) is 13.5. The minimum atomic E-state index is -0.344. The molecule has 0 radical (unpaired) electrons. The zero-order valence-electron chi connectivity index (χ0n) is 16.2. The van der Waals surface area contributed by atoms with E-state index in [1.165, 1.54) is 16.4 Å². The number of halogens is 2. The second-order valence-corrected chi connectivity index (χ2v) is 7.86. The number of benzene rings is 1. The van der Waals surface area contributed by atoms with Crippen LogP contribution in [-0.2, 0) is 13.1 Å². The Morgan fingerprint density at radius 1 is 1.11 bits per heavy atom. The molecular weight excluding hydrogens is 401 g/mol. The van der Waals surface area contributed by atoms with E-state index in [1.54, 1.807) is 14.2 Å². The van der Waals surface area contributed by atoms with Crippen LogP contribution in [0.2, 0.25) is 10.0 Å². The molecule has 1 aliphatic heterocycles. The maximum atomic E-state index is 12.1. The highest BCUT2D eigenvalue weighted by Crippen LogP contribution is 2.27. The molecule has 0 unspecified atom stereocenters. The Balaban J connectivity index is 1.51. The Kier molecular flexibility index (Phi) is 7.21. The van der Waals surface area contributed by atoms with Crippen LogP contribution in [0.25, 0.3) is 0 Å². The molecule has 1 aliphatic rings. The standard InChI is InChI=1S/C20H25Cl2N3O3/c1-27-16-9-15(10-17(11-16)28-2)4-3-14-5-7-24(8-6-14)13-25-20(26)19(22)18(21)12-23-25/h9-12,14H,3-8,13H2,1-2H3. The van der Waals surface area contributed by atoms with Crippen molar-refractivity contribution in [1.29, 1.82) is 0 Å². The molecule has 0 N–H and O–H groups in total. The van der Waals surface area contributed by atoms with Crippen LogP contribution in [0.15, 0.2) is 29.2 Å². The fourth-order valence-corrected chi connectivity index (χ4v) is 3.80. The second kappa shape index (κ2) is 9.63. The zero-order valence-corrected chi connectivity index (χ0v) is 17.7. The minimum absolute atomic E-state index is 0.0280. The summed E-state index contributed by atoms with van der Waals surface area (Å²) in [4.78, 5) is 14.4. The lowest BCUT2D eigenvalue weighted by Gasteiger charge is -2.31. The monoisotopic (exact) mass is 425 g/mol. The second-order valence-electron chi connectivity index (χ2n) is 7.07. The summed E-state index contributed by atoms with van der Waals surface area (Å²) in [7, 11) is 3.34. The highest BCUT2D eigenvalue weighted by Gasteiger charge is 2.20. The third kappa shape index (κ3) is 5.19. The van der Waals surface area contributed by atoms with Crippen molar-refractivity contribution >= 4 is 23.2 Å². The summed E-state index contributed by atoms with van der Waals surface area (Å²) in [6, 6.07) is 6.03. The Morgan fingerprint density at radius 3 is 2.36 bits per heavy atom. The number of nitrogens with zero attached hydrogens (tertiary/aromatic N) is 3. The summed E-state index contributed by atoms with van der Waals surface area (Å²) < 4.78 is 12.1. The van der Waals surface area contributed by atoms with Crippen molar-refractivity contribution in [3.05, 3.63) is 50.4 Å². The van der Waals surface area contributed by atoms with Crippen molar-refractivity contribution in [3.8, 4) is 11.5 Å². The molecular formula is C20H25Cl2N3O3. The predicted molar refractivity (Wildman–Crippen MR) is 111 cm³/mol. The van der Waals surface area contributed by atoms with Crippen LogP contribution in [0.4, 0.5) is 0 Å². The average molecular weight is 426 g/mol. The molecule has 6 nitrogen and oxygen atoms in total. The summed E-state index contributed by atoms with van der Waals surface area (Å²) >= 11 is 11.8. The summed E-state index contributed by atoms with van der Waals surface area (Å²) in [5.41, 5.74) is 0.883. The van der Waals surface area contributed by atoms with Crippen molar-refractivity contribution in [2.45, 2.75) is 32.4 Å². The van der Waals surface area contributed by atoms with E-state index in [0.717, 1.165) is 50.3 Å². The Morgan fingerprint density at radius 2 is 1.75 bits per heavy atom. The van der Waals surface area contributed by atoms with Crippen LogP contribution in [-0.4, -0.2) is 42.0 Å². The quantitative estimate of drug-likeness (QED) is 0.673. The molecule has 2 aromatic rings. The third-order valence-corrected chi connectivity index (χ3v) is 5.98. The number of hydrogen-bond acceptors (Lipinski definition) is 5. The largest absolute Gasteiger partial charge is 0.497 e. The lowest BCUT2D eigenvalue weighted by molar-refractivity contribution is 0.135. The number of aryl methyl sites for hydroxylation is 1. The van der Waals surface area contributed by atoms with E-state index in [1.807, 2.05) is 6.07 Å². The molecule has 1 aromatic heterocycles. The first-order valence-electron chi connectivity index (χ1n) is 9.35. The molecule has 152 valence electrons. The smallest absolute Gasteiger partial charge is 0.288 e. The van der Waals surface area contributed by atoms with Gasteiger partial charge in [-0.1, -0.05) is 23.2 Å². The van der Waals surface area contributed by atoms with Gasteiger partial charge in [0.25, 0.3) is 5.56 Å². The van der Waals surface area contributed by atoms with Gasteiger partial charge in [0.2, 0.25) is 0 Å². The molecule has 2 heterocycles. The van der Waals surface area contributed by atoms with Crippen molar-refractivity contribution in [2.24, 2.45) is 5.92 Å². The van der Waals surface area contributed by atoms with Gasteiger partial charge < -0.3 is 9.47 Å². The molecule has 1 saturated heterocycles. The Bertz CT molecular complexity index is 842. The predicted octanol–water partition coefficient (Wildman–Crippen LogP) is 3.87. The minimum Gasteiger partial charge on any atom is -0.497 e. The van der Waals surface area contributed by atoms with Crippen molar-refractivity contribution in [1.82, 2.24) is 14.7 Å². The molecule has 28 heavy (non-hydrogen) atoms. The number of ether oxygens (including phenoxy) is 2. The average Bonchev–Trinajstić information content (AvgIpc) is 2.73. The molecule has 0 saturated carbocycles. The zero-order chi connectivity index (χ0) is 20.1. The molecule has 0 aliphatic carbocycles. The summed E-state index contributed by atoms with van der Waals surface area (Å²) in [5, 5.41) is 4.30. The molecule has 0 bridgehead atoms. The van der Waals surface area contributed by atoms with E-state index in [0.29, 0.717) is 12.6 Å². The summed E-state index contributed by atoms with van der Waals surface area (Å²) in [5.74, 6) is 2.31. The topological polar surface area (TPSA) is 56.6 Å². The van der Waals surface area contributed by atoms with Gasteiger partial charge in [-0.25, -0.2) is 4.68 Å². The van der Waals surface area contributed by atoms with Gasteiger partial charge in [-0.3, -0.25) is 9.69 Å². The first kappa shape index (κ1) is 21.0. The van der Waals surface area contributed by atoms with Gasteiger partial charge in [0, 0.05) is 19.2 Å². The Labute approximate surface area is 175 Å². The highest BCUT2D eigenvalue weighted by atomic mass is 35.5. The molecule has 8 heteroatoms. The SMILES string of the molecule is COc1cc(CCC2CCN(Cn3ncc(Cl)c(Cl)c3=O)CC2)cc(OC)c1. The van der Waals surface area contributed by atoms with Crippen LogP contribution in [0, 0.1) is 5.92 Å². The lowest BCUT2D eigenvalue weighted by atomic mass is 9.90. The maximum Gasteiger partial charge on any atom is 0.288 e. The fraction of sp³-hybridized carbons (Fsp3) is 0.500. The summed E-state index contributed by atoms with van der Waals surface area (Å²) in [6.45, 7) is 2.30. The number of aromatic nitrogens is 2. The molecule has 3 rings (SSSR count). The van der Waals surface area contributed by atoms with Gasteiger partial charge in [-0.15, -0.1) is 0 Å². The first-order valence-corrected chi connectivity index (χ1v) is 10.1. The number of hydrogen-bond donors (Lipinski definition) is 0. The van der Waals surface area contributed by atoms with Crippen molar-refractivity contribution in [2.75, 3.05) is 27.3 Å². The Hall–Kier alpha value is -1.76. The van der Waals surface area contributed by atoms with E-state index in [4.69, 9.17) is 32.7 Å². The van der Waals surface area contributed by atoms with Crippen LogP contribution >= 0.6 is 23.2 Å². The highest BCUT2D eigenvalue weighted by molar-refractivity contribution is 6.41. The molecule has 1 aromatic carbocycles. The van der Waals surface area contributed by atoms with E-state index in [-0.39, 0.29) is 15.6 Å². The van der Waals surface area contributed by atoms with Gasteiger partial charge in [-0.2, -0.15) is 5.10 Å². The van der Waals surface area contributed by atoms with Crippen LogP contribution in [0.1, 0.15) is 24.8 Å². The van der Waals surface area contributed by atoms with Crippen molar-refractivity contribution < 1.29 is 9.47 Å². The third-order valence-electron chi connectivity index (χ3n) is 5.24. The van der Waals surface area contributed by atoms with Crippen LogP contribution in [0.3, 0.4) is 0 Å². The van der Waals surface area contributed by atoms with Gasteiger partial charge in [0.05, 0.1) is 32.1 Å². The number of piperidine rings is 1. The molecule has 0 amide bonds. The van der Waals surface area contributed by atoms with Gasteiger partial charge in [0.15, 0.2) is 0 Å². The van der Waals surface area contributed by atoms with E-state index >= 15 is 0 Å². The molecule has 1 fully saturated rings. The van der Waals surface area contributed by atoms with E-state index in [9.17, 15) is 4.79 Å². The fourth-order valence-electron chi connectivity index (χ4n) is 3.53. The maximum absolute atomic E-state index is 12.1. The van der Waals surface area contributed by atoms with Crippen molar-refractivity contribution in [3.63, 3.8) is 0 Å². The van der Waals surface area contributed by atoms with E-state index in [2.05, 4.69) is 22.1 Å². The lowest BCUT2D eigenvalue weighted by Crippen LogP contribution is -2.39.